The van der Waals surface area contributed by atoms with Crippen molar-refractivity contribution in [3.8, 4) is 0 Å². The summed E-state index contributed by atoms with van der Waals surface area (Å²) in [6.45, 7) is 5.43. The molecule has 1 aliphatic rings. The maximum absolute atomic E-state index is 7.41. The van der Waals surface area contributed by atoms with Gasteiger partial charge in [-0.25, -0.2) is 9.97 Å². The van der Waals surface area contributed by atoms with Crippen molar-refractivity contribution in [1.82, 2.24) is 9.97 Å². The highest BCUT2D eigenvalue weighted by Gasteiger charge is 2.28. The van der Waals surface area contributed by atoms with E-state index in [0.29, 0.717) is 23.6 Å². The predicted octanol–water partition coefficient (Wildman–Crippen LogP) is 1.39. The van der Waals surface area contributed by atoms with Gasteiger partial charge in [-0.15, -0.1) is 0 Å². The molecule has 2 heterocycles. The number of anilines is 1. The van der Waals surface area contributed by atoms with E-state index in [4.69, 9.17) is 11.1 Å². The van der Waals surface area contributed by atoms with Crippen molar-refractivity contribution >= 4 is 11.8 Å². The minimum absolute atomic E-state index is 0.00561. The van der Waals surface area contributed by atoms with E-state index >= 15 is 0 Å². The van der Waals surface area contributed by atoms with Crippen molar-refractivity contribution in [2.45, 2.75) is 32.7 Å². The molecule has 1 aromatic heterocycles. The Morgan fingerprint density at radius 3 is 3.00 bits per heavy atom. The molecule has 0 radical (unpaired) electrons. The van der Waals surface area contributed by atoms with E-state index in [1.807, 2.05) is 0 Å². The zero-order valence-corrected chi connectivity index (χ0v) is 10.3. The second-order valence-corrected chi connectivity index (χ2v) is 4.80. The average molecular weight is 233 g/mol. The van der Waals surface area contributed by atoms with Crippen LogP contribution >= 0.6 is 0 Å². The molecule has 0 bridgehead atoms. The number of rotatable bonds is 3. The van der Waals surface area contributed by atoms with Gasteiger partial charge in [0.05, 0.1) is 0 Å². The third kappa shape index (κ3) is 2.38. The Bertz CT molecular complexity index is 415. The van der Waals surface area contributed by atoms with Gasteiger partial charge in [0.1, 0.15) is 11.5 Å². The first-order valence-electron chi connectivity index (χ1n) is 6.03. The van der Waals surface area contributed by atoms with Crippen molar-refractivity contribution in [2.75, 3.05) is 11.4 Å². The number of nitrogens with zero attached hydrogens (tertiary/aromatic N) is 3. The molecule has 1 aromatic rings. The fraction of sp³-hybridized carbons (Fsp3) is 0.583. The van der Waals surface area contributed by atoms with E-state index < -0.39 is 0 Å². The van der Waals surface area contributed by atoms with Gasteiger partial charge in [-0.05, 0) is 24.8 Å². The molecule has 0 spiro atoms. The zero-order valence-electron chi connectivity index (χ0n) is 10.3. The second kappa shape index (κ2) is 4.69. The molecule has 92 valence electrons. The fourth-order valence-corrected chi connectivity index (χ4v) is 2.37. The van der Waals surface area contributed by atoms with Gasteiger partial charge in [-0.3, -0.25) is 5.41 Å². The lowest BCUT2D eigenvalue weighted by Crippen LogP contribution is -2.35. The van der Waals surface area contributed by atoms with Crippen LogP contribution in [0.5, 0.6) is 0 Å². The van der Waals surface area contributed by atoms with Crippen LogP contribution in [-0.2, 0) is 0 Å². The highest BCUT2D eigenvalue weighted by molar-refractivity contribution is 5.93. The van der Waals surface area contributed by atoms with Gasteiger partial charge in [-0.1, -0.05) is 13.8 Å². The summed E-state index contributed by atoms with van der Waals surface area (Å²) >= 11 is 0. The van der Waals surface area contributed by atoms with Gasteiger partial charge >= 0.3 is 0 Å². The molecule has 17 heavy (non-hydrogen) atoms. The van der Waals surface area contributed by atoms with Crippen molar-refractivity contribution in [3.63, 3.8) is 0 Å². The lowest BCUT2D eigenvalue weighted by atomic mass is 10.0. The Labute approximate surface area is 102 Å². The zero-order chi connectivity index (χ0) is 12.4. The van der Waals surface area contributed by atoms with Crippen LogP contribution in [0.2, 0.25) is 0 Å². The van der Waals surface area contributed by atoms with E-state index in [2.05, 4.69) is 28.7 Å². The topological polar surface area (TPSA) is 78.9 Å². The molecule has 2 rings (SSSR count). The number of nitrogens with two attached hydrogens (primary N) is 1. The van der Waals surface area contributed by atoms with Crippen molar-refractivity contribution in [2.24, 2.45) is 11.7 Å². The smallest absolute Gasteiger partial charge is 0.226 e. The summed E-state index contributed by atoms with van der Waals surface area (Å²) in [6.07, 6.45) is 4.04. The van der Waals surface area contributed by atoms with Gasteiger partial charge in [0.25, 0.3) is 0 Å². The standard InChI is InChI=1S/C12H19N5/c1-8(2)10-4-3-7-17(10)12-15-6-5-9(16-12)11(13)14/h5-6,8,10H,3-4,7H2,1-2H3,(H3,13,14). The fourth-order valence-electron chi connectivity index (χ4n) is 2.37. The van der Waals surface area contributed by atoms with Crippen LogP contribution in [0.1, 0.15) is 32.4 Å². The summed E-state index contributed by atoms with van der Waals surface area (Å²) in [4.78, 5) is 10.9. The molecule has 0 saturated carbocycles. The van der Waals surface area contributed by atoms with Gasteiger partial charge in [0, 0.05) is 18.8 Å². The summed E-state index contributed by atoms with van der Waals surface area (Å²) in [5.41, 5.74) is 5.95. The molecule has 5 nitrogen and oxygen atoms in total. The lowest BCUT2D eigenvalue weighted by Gasteiger charge is -2.27. The summed E-state index contributed by atoms with van der Waals surface area (Å²) in [5.74, 6) is 1.28. The molecule has 3 N–H and O–H groups in total. The van der Waals surface area contributed by atoms with E-state index in [1.165, 1.54) is 12.8 Å². The monoisotopic (exact) mass is 233 g/mol. The Morgan fingerprint density at radius 2 is 2.35 bits per heavy atom. The molecule has 0 aromatic carbocycles. The van der Waals surface area contributed by atoms with E-state index in [0.717, 1.165) is 6.54 Å². The molecule has 0 aliphatic carbocycles. The minimum Gasteiger partial charge on any atom is -0.382 e. The quantitative estimate of drug-likeness (QED) is 0.610. The molecule has 1 aliphatic heterocycles. The Morgan fingerprint density at radius 1 is 1.59 bits per heavy atom. The Hall–Kier alpha value is -1.65. The normalized spacial score (nSPS) is 19.9. The largest absolute Gasteiger partial charge is 0.382 e. The summed E-state index contributed by atoms with van der Waals surface area (Å²) in [5, 5.41) is 7.41. The number of hydrogen-bond donors (Lipinski definition) is 2. The first-order chi connectivity index (χ1) is 8.09. The number of aromatic nitrogens is 2. The van der Waals surface area contributed by atoms with E-state index in [9.17, 15) is 0 Å². The first-order valence-corrected chi connectivity index (χ1v) is 6.03. The summed E-state index contributed by atoms with van der Waals surface area (Å²) in [7, 11) is 0. The molecule has 1 unspecified atom stereocenters. The molecule has 0 amide bonds. The van der Waals surface area contributed by atoms with Crippen LogP contribution in [0.4, 0.5) is 5.95 Å². The Kier molecular flexibility index (Phi) is 3.26. The lowest BCUT2D eigenvalue weighted by molar-refractivity contribution is 0.487. The maximum Gasteiger partial charge on any atom is 0.226 e. The van der Waals surface area contributed by atoms with Gasteiger partial charge in [0.2, 0.25) is 5.95 Å². The highest BCUT2D eigenvalue weighted by atomic mass is 15.3. The molecular formula is C12H19N5. The number of amidine groups is 1. The van der Waals surface area contributed by atoms with Gasteiger partial charge < -0.3 is 10.6 Å². The number of nitrogens with one attached hydrogen (secondary N) is 1. The molecule has 1 saturated heterocycles. The van der Waals surface area contributed by atoms with Crippen LogP contribution < -0.4 is 10.6 Å². The minimum atomic E-state index is -0.00561. The number of hydrogen-bond acceptors (Lipinski definition) is 4. The van der Waals surface area contributed by atoms with Crippen molar-refractivity contribution < 1.29 is 0 Å². The Balaban J connectivity index is 2.27. The SMILES string of the molecule is CC(C)C1CCCN1c1nccc(C(=N)N)n1. The van der Waals surface area contributed by atoms with Gasteiger partial charge in [0.15, 0.2) is 0 Å². The van der Waals surface area contributed by atoms with E-state index in [1.54, 1.807) is 12.3 Å². The predicted molar refractivity (Wildman–Crippen MR) is 68.3 cm³/mol. The average Bonchev–Trinajstić information content (AvgIpc) is 2.78. The van der Waals surface area contributed by atoms with Crippen molar-refractivity contribution in [3.05, 3.63) is 18.0 Å². The summed E-state index contributed by atoms with van der Waals surface area (Å²) < 4.78 is 0. The second-order valence-electron chi connectivity index (χ2n) is 4.80. The molecule has 1 atom stereocenters. The third-order valence-corrected chi connectivity index (χ3v) is 3.24. The highest BCUT2D eigenvalue weighted by Crippen LogP contribution is 2.27. The van der Waals surface area contributed by atoms with Crippen LogP contribution in [0.3, 0.4) is 0 Å². The third-order valence-electron chi connectivity index (χ3n) is 3.24. The first kappa shape index (κ1) is 11.8. The van der Waals surface area contributed by atoms with Crippen LogP contribution in [0.15, 0.2) is 12.3 Å². The molecule has 5 heteroatoms. The van der Waals surface area contributed by atoms with Gasteiger partial charge in [-0.2, -0.15) is 0 Å². The molecule has 1 fully saturated rings. The van der Waals surface area contributed by atoms with E-state index in [-0.39, 0.29) is 5.84 Å². The number of nitrogen functional groups attached to an aromatic ring is 1. The summed E-state index contributed by atoms with van der Waals surface area (Å²) in [6, 6.07) is 2.17. The molecular weight excluding hydrogens is 214 g/mol. The van der Waals surface area contributed by atoms with Crippen LogP contribution in [0.25, 0.3) is 0 Å². The van der Waals surface area contributed by atoms with Crippen LogP contribution in [-0.4, -0.2) is 28.4 Å². The maximum atomic E-state index is 7.41. The van der Waals surface area contributed by atoms with Crippen LogP contribution in [0, 0.1) is 11.3 Å². The van der Waals surface area contributed by atoms with Crippen molar-refractivity contribution in [1.29, 1.82) is 5.41 Å².